The molecule has 0 unspecified atom stereocenters. The molecule has 2 aromatic heterocycles. The van der Waals surface area contributed by atoms with E-state index in [0.717, 1.165) is 10.2 Å². The first kappa shape index (κ1) is 18.8. The highest BCUT2D eigenvalue weighted by molar-refractivity contribution is 7.20. The summed E-state index contributed by atoms with van der Waals surface area (Å²) in [5, 5.41) is 13.3. The Balaban J connectivity index is 1.70. The number of nitrogens with one attached hydrogen (secondary N) is 3. The summed E-state index contributed by atoms with van der Waals surface area (Å²) in [4.78, 5) is 25.7. The fourth-order valence-electron chi connectivity index (χ4n) is 2.59. The minimum Gasteiger partial charge on any atom is -0.349 e. The molecule has 0 spiro atoms. The summed E-state index contributed by atoms with van der Waals surface area (Å²) in [6, 6.07) is 7.02. The van der Waals surface area contributed by atoms with E-state index in [4.69, 9.17) is 0 Å². The number of carbonyl (C=O) groups excluding carboxylic acids is 2. The summed E-state index contributed by atoms with van der Waals surface area (Å²) in [5.74, 6) is -0.557. The SMILES string of the molecule is CC(C)NC(=O)c1cc2c(CNC(=O)Nc3cccc(F)c3)nn(C)c2s1. The number of halogens is 1. The van der Waals surface area contributed by atoms with Gasteiger partial charge in [-0.25, -0.2) is 9.18 Å². The van der Waals surface area contributed by atoms with E-state index in [0.29, 0.717) is 16.3 Å². The fourth-order valence-corrected chi connectivity index (χ4v) is 3.59. The maximum Gasteiger partial charge on any atom is 0.319 e. The van der Waals surface area contributed by atoms with Crippen LogP contribution in [0.15, 0.2) is 30.3 Å². The molecule has 3 N–H and O–H groups in total. The molecule has 3 aromatic rings. The lowest BCUT2D eigenvalue weighted by Gasteiger charge is -2.07. The van der Waals surface area contributed by atoms with Crippen molar-refractivity contribution >= 4 is 39.2 Å². The molecule has 0 saturated carbocycles. The Morgan fingerprint density at radius 2 is 2.07 bits per heavy atom. The van der Waals surface area contributed by atoms with E-state index in [1.807, 2.05) is 13.8 Å². The third kappa shape index (κ3) is 4.43. The maximum atomic E-state index is 13.2. The molecule has 1 aromatic carbocycles. The molecule has 0 fully saturated rings. The number of urea groups is 1. The Bertz CT molecular complexity index is 995. The van der Waals surface area contributed by atoms with Gasteiger partial charge in [0.05, 0.1) is 17.1 Å². The summed E-state index contributed by atoms with van der Waals surface area (Å²) in [5.41, 5.74) is 1.02. The number of rotatable bonds is 5. The molecular formula is C18H20FN5O2S. The van der Waals surface area contributed by atoms with Crippen LogP contribution >= 0.6 is 11.3 Å². The Hall–Kier alpha value is -2.94. The molecule has 27 heavy (non-hydrogen) atoms. The Labute approximate surface area is 159 Å². The van der Waals surface area contributed by atoms with Crippen molar-refractivity contribution in [1.29, 1.82) is 0 Å². The number of benzene rings is 1. The van der Waals surface area contributed by atoms with Crippen LogP contribution in [0, 0.1) is 5.82 Å². The van der Waals surface area contributed by atoms with E-state index in [1.165, 1.54) is 29.5 Å². The second-order valence-electron chi connectivity index (χ2n) is 6.35. The van der Waals surface area contributed by atoms with Gasteiger partial charge in [-0.2, -0.15) is 5.10 Å². The van der Waals surface area contributed by atoms with Gasteiger partial charge in [-0.1, -0.05) is 6.07 Å². The van der Waals surface area contributed by atoms with E-state index in [2.05, 4.69) is 21.0 Å². The quantitative estimate of drug-likeness (QED) is 0.626. The molecule has 0 aliphatic rings. The standard InChI is InChI=1S/C18H20FN5O2S/c1-10(2)21-16(25)15-8-13-14(23-24(3)17(13)27-15)9-20-18(26)22-12-6-4-5-11(19)7-12/h4-8,10H,9H2,1-3H3,(H,21,25)(H2,20,22,26). The van der Waals surface area contributed by atoms with Crippen molar-refractivity contribution < 1.29 is 14.0 Å². The van der Waals surface area contributed by atoms with Gasteiger partial charge in [-0.3, -0.25) is 9.48 Å². The van der Waals surface area contributed by atoms with Crippen molar-refractivity contribution in [2.75, 3.05) is 5.32 Å². The first-order valence-electron chi connectivity index (χ1n) is 8.40. The van der Waals surface area contributed by atoms with E-state index in [-0.39, 0.29) is 18.5 Å². The summed E-state index contributed by atoms with van der Waals surface area (Å²) >= 11 is 1.35. The molecule has 7 nitrogen and oxygen atoms in total. The summed E-state index contributed by atoms with van der Waals surface area (Å²) in [6.07, 6.45) is 0. The van der Waals surface area contributed by atoms with E-state index in [1.54, 1.807) is 23.9 Å². The third-order valence-electron chi connectivity index (χ3n) is 3.73. The Morgan fingerprint density at radius 1 is 1.30 bits per heavy atom. The highest BCUT2D eigenvalue weighted by Gasteiger charge is 2.17. The second kappa shape index (κ2) is 7.75. The molecule has 3 amide bonds. The zero-order valence-electron chi connectivity index (χ0n) is 15.2. The van der Waals surface area contributed by atoms with Crippen LogP contribution in [0.5, 0.6) is 0 Å². The average Bonchev–Trinajstić information content (AvgIpc) is 3.14. The predicted molar refractivity (Wildman–Crippen MR) is 103 cm³/mol. The largest absolute Gasteiger partial charge is 0.349 e. The fraction of sp³-hybridized carbons (Fsp3) is 0.278. The van der Waals surface area contributed by atoms with Crippen LogP contribution in [0.25, 0.3) is 10.2 Å². The number of fused-ring (bicyclic) bond motifs is 1. The van der Waals surface area contributed by atoms with Gasteiger partial charge in [0.25, 0.3) is 5.91 Å². The first-order chi connectivity index (χ1) is 12.8. The monoisotopic (exact) mass is 389 g/mol. The summed E-state index contributed by atoms with van der Waals surface area (Å²) < 4.78 is 14.9. The van der Waals surface area contributed by atoms with Crippen molar-refractivity contribution in [3.8, 4) is 0 Å². The van der Waals surface area contributed by atoms with E-state index >= 15 is 0 Å². The van der Waals surface area contributed by atoms with Gasteiger partial charge in [0.15, 0.2) is 0 Å². The van der Waals surface area contributed by atoms with Crippen LogP contribution in [0.2, 0.25) is 0 Å². The van der Waals surface area contributed by atoms with Gasteiger partial charge in [-0.15, -0.1) is 11.3 Å². The zero-order chi connectivity index (χ0) is 19.6. The van der Waals surface area contributed by atoms with Crippen LogP contribution in [0.1, 0.15) is 29.2 Å². The number of carbonyl (C=O) groups is 2. The average molecular weight is 389 g/mol. The molecular weight excluding hydrogens is 369 g/mol. The Morgan fingerprint density at radius 3 is 2.78 bits per heavy atom. The molecule has 0 saturated heterocycles. The molecule has 142 valence electrons. The predicted octanol–water partition coefficient (Wildman–Crippen LogP) is 3.23. The van der Waals surface area contributed by atoms with Crippen molar-refractivity contribution in [2.24, 2.45) is 7.05 Å². The lowest BCUT2D eigenvalue weighted by Crippen LogP contribution is -2.29. The van der Waals surface area contributed by atoms with Crippen molar-refractivity contribution in [1.82, 2.24) is 20.4 Å². The molecule has 0 aliphatic carbocycles. The van der Waals surface area contributed by atoms with Gasteiger partial charge < -0.3 is 16.0 Å². The lowest BCUT2D eigenvalue weighted by molar-refractivity contribution is 0.0947. The van der Waals surface area contributed by atoms with Crippen LogP contribution in [-0.2, 0) is 13.6 Å². The number of amides is 3. The van der Waals surface area contributed by atoms with Gasteiger partial charge in [-0.05, 0) is 38.1 Å². The smallest absolute Gasteiger partial charge is 0.319 e. The maximum absolute atomic E-state index is 13.2. The van der Waals surface area contributed by atoms with Crippen LogP contribution in [-0.4, -0.2) is 27.8 Å². The molecule has 0 bridgehead atoms. The number of thiophene rings is 1. The minimum atomic E-state index is -0.465. The normalized spacial score (nSPS) is 11.0. The highest BCUT2D eigenvalue weighted by atomic mass is 32.1. The molecule has 0 aliphatic heterocycles. The number of anilines is 1. The molecule has 3 rings (SSSR count). The van der Waals surface area contributed by atoms with Crippen LogP contribution in [0.3, 0.4) is 0 Å². The Kier molecular flexibility index (Phi) is 5.41. The highest BCUT2D eigenvalue weighted by Crippen LogP contribution is 2.28. The number of nitrogens with zero attached hydrogens (tertiary/aromatic N) is 2. The lowest BCUT2D eigenvalue weighted by atomic mass is 10.2. The topological polar surface area (TPSA) is 88.1 Å². The van der Waals surface area contributed by atoms with Crippen molar-refractivity contribution in [2.45, 2.75) is 26.4 Å². The van der Waals surface area contributed by atoms with Crippen molar-refractivity contribution in [3.63, 3.8) is 0 Å². The van der Waals surface area contributed by atoms with Crippen LogP contribution in [0.4, 0.5) is 14.9 Å². The molecule has 2 heterocycles. The van der Waals surface area contributed by atoms with Gasteiger partial charge in [0, 0.05) is 24.2 Å². The molecule has 0 radical (unpaired) electrons. The van der Waals surface area contributed by atoms with Gasteiger partial charge >= 0.3 is 6.03 Å². The molecule has 9 heteroatoms. The van der Waals surface area contributed by atoms with Gasteiger partial charge in [0.1, 0.15) is 10.6 Å². The third-order valence-corrected chi connectivity index (χ3v) is 4.93. The van der Waals surface area contributed by atoms with Crippen molar-refractivity contribution in [3.05, 3.63) is 46.7 Å². The first-order valence-corrected chi connectivity index (χ1v) is 9.22. The van der Waals surface area contributed by atoms with Crippen LogP contribution < -0.4 is 16.0 Å². The number of hydrogen-bond acceptors (Lipinski definition) is 4. The summed E-state index contributed by atoms with van der Waals surface area (Å²) in [7, 11) is 1.79. The summed E-state index contributed by atoms with van der Waals surface area (Å²) in [6.45, 7) is 3.99. The zero-order valence-corrected chi connectivity index (χ0v) is 16.0. The number of aromatic nitrogens is 2. The van der Waals surface area contributed by atoms with Gasteiger partial charge in [0.2, 0.25) is 0 Å². The second-order valence-corrected chi connectivity index (χ2v) is 7.38. The van der Waals surface area contributed by atoms with E-state index < -0.39 is 11.8 Å². The van der Waals surface area contributed by atoms with E-state index in [9.17, 15) is 14.0 Å². The number of aryl methyl sites for hydroxylation is 1. The minimum absolute atomic E-state index is 0.0495. The molecule has 0 atom stereocenters. The number of hydrogen-bond donors (Lipinski definition) is 3.